The summed E-state index contributed by atoms with van der Waals surface area (Å²) in [5, 5.41) is 0. The zero-order chi connectivity index (χ0) is 22.7. The topological polar surface area (TPSA) is 17.1 Å². The Kier molecular flexibility index (Phi) is 6.80. The number of carbonyl (C=O) groups excluding carboxylic acids is 1. The van der Waals surface area contributed by atoms with Gasteiger partial charge in [-0.2, -0.15) is 0 Å². The van der Waals surface area contributed by atoms with Crippen LogP contribution in [0.4, 0.5) is 0 Å². The first-order valence-corrected chi connectivity index (χ1v) is 12.0. The summed E-state index contributed by atoms with van der Waals surface area (Å²) in [4.78, 5) is 12.8. The zero-order valence-electron chi connectivity index (χ0n) is 19.6. The molecular formula is C31H34O. The van der Waals surface area contributed by atoms with Gasteiger partial charge in [-0.15, -0.1) is 6.42 Å². The molecule has 0 N–H and O–H groups in total. The Morgan fingerprint density at radius 2 is 1.81 bits per heavy atom. The smallest absolute Gasteiger partial charge is 0.137 e. The van der Waals surface area contributed by atoms with E-state index >= 15 is 0 Å². The Labute approximate surface area is 193 Å². The lowest BCUT2D eigenvalue weighted by atomic mass is 9.70. The highest BCUT2D eigenvalue weighted by atomic mass is 16.1. The predicted octanol–water partition coefficient (Wildman–Crippen LogP) is 7.29. The third kappa shape index (κ3) is 4.97. The number of terminal acetylenes is 1. The number of aryl methyl sites for hydroxylation is 1. The van der Waals surface area contributed by atoms with Crippen molar-refractivity contribution >= 4 is 11.4 Å². The van der Waals surface area contributed by atoms with Gasteiger partial charge in [0.1, 0.15) is 5.78 Å². The number of hydrogen-bond donors (Lipinski definition) is 0. The lowest BCUT2D eigenvalue weighted by Crippen LogP contribution is -2.26. The van der Waals surface area contributed by atoms with Crippen molar-refractivity contribution in [3.63, 3.8) is 0 Å². The molecule has 0 radical (unpaired) electrons. The maximum Gasteiger partial charge on any atom is 0.137 e. The summed E-state index contributed by atoms with van der Waals surface area (Å²) in [5.74, 6) is 4.66. The van der Waals surface area contributed by atoms with Crippen LogP contribution in [0.25, 0.3) is 5.57 Å². The summed E-state index contributed by atoms with van der Waals surface area (Å²) < 4.78 is 0. The normalized spacial score (nSPS) is 23.4. The molecule has 0 bridgehead atoms. The van der Waals surface area contributed by atoms with Crippen molar-refractivity contribution in [3.8, 4) is 12.3 Å². The van der Waals surface area contributed by atoms with E-state index in [-0.39, 0.29) is 5.92 Å². The van der Waals surface area contributed by atoms with Crippen LogP contribution in [0, 0.1) is 37.0 Å². The average Bonchev–Trinajstić information content (AvgIpc) is 3.23. The maximum atomic E-state index is 12.8. The number of rotatable bonds is 6. The van der Waals surface area contributed by atoms with Crippen LogP contribution < -0.4 is 0 Å². The largest absolute Gasteiger partial charge is 0.299 e. The molecule has 0 heterocycles. The fourth-order valence-electron chi connectivity index (χ4n) is 5.65. The van der Waals surface area contributed by atoms with E-state index in [2.05, 4.69) is 68.3 Å². The van der Waals surface area contributed by atoms with Gasteiger partial charge in [0.25, 0.3) is 0 Å². The van der Waals surface area contributed by atoms with E-state index in [1.807, 2.05) is 12.1 Å². The monoisotopic (exact) mass is 422 g/mol. The van der Waals surface area contributed by atoms with Crippen molar-refractivity contribution in [2.45, 2.75) is 58.8 Å². The highest BCUT2D eigenvalue weighted by Crippen LogP contribution is 2.41. The SMILES string of the molecule is C#Cc1ccc(CC2CCC(C(C(C)=O)c3ccc(C4=CC(C)C=C4)cc3C)CC2)cc1. The van der Waals surface area contributed by atoms with Gasteiger partial charge in [0.15, 0.2) is 0 Å². The van der Waals surface area contributed by atoms with Crippen LogP contribution in [0.3, 0.4) is 0 Å². The molecule has 2 aliphatic rings. The maximum absolute atomic E-state index is 12.8. The third-order valence-corrected chi connectivity index (χ3v) is 7.41. The Bertz CT molecular complexity index is 1070. The molecule has 164 valence electrons. The van der Waals surface area contributed by atoms with Gasteiger partial charge in [0.05, 0.1) is 0 Å². The Morgan fingerprint density at radius 1 is 1.09 bits per heavy atom. The number of hydrogen-bond acceptors (Lipinski definition) is 1. The van der Waals surface area contributed by atoms with Crippen LogP contribution in [0.5, 0.6) is 0 Å². The molecule has 0 spiro atoms. The quantitative estimate of drug-likeness (QED) is 0.447. The van der Waals surface area contributed by atoms with E-state index in [9.17, 15) is 4.79 Å². The third-order valence-electron chi connectivity index (χ3n) is 7.41. The Hall–Kier alpha value is -2.85. The highest BCUT2D eigenvalue weighted by Gasteiger charge is 2.32. The van der Waals surface area contributed by atoms with E-state index in [1.54, 1.807) is 6.92 Å². The second-order valence-corrected chi connectivity index (χ2v) is 9.83. The van der Waals surface area contributed by atoms with Gasteiger partial charge in [-0.1, -0.05) is 61.4 Å². The molecule has 1 heteroatoms. The zero-order valence-corrected chi connectivity index (χ0v) is 19.6. The van der Waals surface area contributed by atoms with Crippen LogP contribution in [0.1, 0.15) is 73.3 Å². The van der Waals surface area contributed by atoms with Gasteiger partial charge in [-0.25, -0.2) is 0 Å². The minimum atomic E-state index is 0.0203. The van der Waals surface area contributed by atoms with Crippen molar-refractivity contribution in [1.82, 2.24) is 0 Å². The van der Waals surface area contributed by atoms with E-state index in [1.165, 1.54) is 40.7 Å². The van der Waals surface area contributed by atoms with Crippen molar-refractivity contribution in [3.05, 3.63) is 88.5 Å². The van der Waals surface area contributed by atoms with E-state index < -0.39 is 0 Å². The van der Waals surface area contributed by atoms with Gasteiger partial charge in [0.2, 0.25) is 0 Å². The average molecular weight is 423 g/mol. The van der Waals surface area contributed by atoms with Gasteiger partial charge in [-0.05, 0) is 104 Å². The predicted molar refractivity (Wildman–Crippen MR) is 134 cm³/mol. The van der Waals surface area contributed by atoms with Gasteiger partial charge in [0, 0.05) is 11.5 Å². The van der Waals surface area contributed by atoms with Gasteiger partial charge >= 0.3 is 0 Å². The molecule has 1 nitrogen and oxygen atoms in total. The Balaban J connectivity index is 1.44. The van der Waals surface area contributed by atoms with Crippen LogP contribution in [0.2, 0.25) is 0 Å². The molecule has 2 aliphatic carbocycles. The fraction of sp³-hybridized carbons (Fsp3) is 0.387. The molecule has 0 amide bonds. The van der Waals surface area contributed by atoms with Crippen molar-refractivity contribution < 1.29 is 4.79 Å². The molecule has 0 aliphatic heterocycles. The molecule has 4 rings (SSSR count). The van der Waals surface area contributed by atoms with E-state index in [0.29, 0.717) is 23.5 Å². The number of Topliss-reactive ketones (excluding diaryl/α,β-unsaturated/α-hetero) is 1. The molecule has 2 atom stereocenters. The summed E-state index contributed by atoms with van der Waals surface area (Å²) in [6.45, 7) is 6.16. The van der Waals surface area contributed by atoms with E-state index in [4.69, 9.17) is 6.42 Å². The van der Waals surface area contributed by atoms with Gasteiger partial charge in [-0.3, -0.25) is 4.79 Å². The molecular weight excluding hydrogens is 388 g/mol. The standard InChI is InChI=1S/C31H34O/c1-5-24-7-9-25(10-8-24)20-26-11-14-27(15-12-26)31(23(4)32)30-17-16-29(19-22(30)3)28-13-6-21(2)18-28/h1,6-10,13,16-19,21,26-27,31H,11-12,14-15,20H2,2-4H3. The molecule has 0 aromatic heterocycles. The number of benzene rings is 2. The highest BCUT2D eigenvalue weighted by molar-refractivity contribution is 5.85. The van der Waals surface area contributed by atoms with Crippen LogP contribution in [-0.4, -0.2) is 5.78 Å². The van der Waals surface area contributed by atoms with E-state index in [0.717, 1.165) is 24.8 Å². The van der Waals surface area contributed by atoms with Gasteiger partial charge < -0.3 is 0 Å². The van der Waals surface area contributed by atoms with Crippen molar-refractivity contribution in [2.75, 3.05) is 0 Å². The molecule has 1 saturated carbocycles. The van der Waals surface area contributed by atoms with Crippen LogP contribution in [0.15, 0.2) is 60.7 Å². The minimum Gasteiger partial charge on any atom is -0.299 e. The lowest BCUT2D eigenvalue weighted by Gasteiger charge is -2.34. The number of ketones is 1. The molecule has 0 saturated heterocycles. The molecule has 2 aromatic rings. The summed E-state index contributed by atoms with van der Waals surface area (Å²) in [7, 11) is 0. The second-order valence-electron chi connectivity index (χ2n) is 9.83. The molecule has 2 aromatic carbocycles. The summed E-state index contributed by atoms with van der Waals surface area (Å²) in [5.41, 5.74) is 7.33. The number of allylic oxidation sites excluding steroid dienone is 4. The molecule has 2 unspecified atom stereocenters. The van der Waals surface area contributed by atoms with Crippen molar-refractivity contribution in [1.29, 1.82) is 0 Å². The summed E-state index contributed by atoms with van der Waals surface area (Å²) in [6.07, 6.45) is 18.0. The summed E-state index contributed by atoms with van der Waals surface area (Å²) >= 11 is 0. The minimum absolute atomic E-state index is 0.0203. The first-order chi connectivity index (χ1) is 15.4. The first kappa shape index (κ1) is 22.3. The summed E-state index contributed by atoms with van der Waals surface area (Å²) in [6, 6.07) is 15.1. The lowest BCUT2D eigenvalue weighted by molar-refractivity contribution is -0.120. The van der Waals surface area contributed by atoms with Crippen molar-refractivity contribution in [2.24, 2.45) is 17.8 Å². The molecule has 32 heavy (non-hydrogen) atoms. The first-order valence-electron chi connectivity index (χ1n) is 12.0. The molecule has 1 fully saturated rings. The van der Waals surface area contributed by atoms with Crippen LogP contribution >= 0.6 is 0 Å². The number of carbonyl (C=O) groups is 1. The van der Waals surface area contributed by atoms with Crippen LogP contribution in [-0.2, 0) is 11.2 Å². The Morgan fingerprint density at radius 3 is 2.38 bits per heavy atom. The second kappa shape index (κ2) is 9.74. The fourth-order valence-corrected chi connectivity index (χ4v) is 5.65.